The van der Waals surface area contributed by atoms with Crippen LogP contribution in [0.15, 0.2) is 18.2 Å². The molecule has 2 aromatic rings. The summed E-state index contributed by atoms with van der Waals surface area (Å²) in [5.74, 6) is -0.365. The number of hydrogen-bond acceptors (Lipinski definition) is 3. The molecule has 2 N–H and O–H groups in total. The fourth-order valence-corrected chi connectivity index (χ4v) is 5.43. The van der Waals surface area contributed by atoms with Crippen molar-refractivity contribution < 1.29 is 23.1 Å². The Balaban J connectivity index is 1.74. The van der Waals surface area contributed by atoms with Crippen LogP contribution in [0.25, 0.3) is 10.9 Å². The van der Waals surface area contributed by atoms with E-state index in [4.69, 9.17) is 0 Å². The predicted molar refractivity (Wildman–Crippen MR) is 108 cm³/mol. The summed E-state index contributed by atoms with van der Waals surface area (Å²) < 4.78 is 42.8. The molecule has 0 radical (unpaired) electrons. The van der Waals surface area contributed by atoms with E-state index in [2.05, 4.69) is 5.32 Å². The molecule has 2 heterocycles. The highest BCUT2D eigenvalue weighted by molar-refractivity contribution is 5.91. The van der Waals surface area contributed by atoms with E-state index in [1.165, 1.54) is 11.6 Å². The maximum absolute atomic E-state index is 13.9. The van der Waals surface area contributed by atoms with Crippen molar-refractivity contribution >= 4 is 16.8 Å². The van der Waals surface area contributed by atoms with E-state index >= 15 is 0 Å². The fourth-order valence-electron chi connectivity index (χ4n) is 5.43. The number of likely N-dealkylation sites (N-methyl/N-ethyl adjacent to an activating group) is 1. The van der Waals surface area contributed by atoms with E-state index in [0.29, 0.717) is 42.3 Å². The van der Waals surface area contributed by atoms with Gasteiger partial charge in [0.1, 0.15) is 5.69 Å². The first-order valence-corrected chi connectivity index (χ1v) is 10.5. The lowest BCUT2D eigenvalue weighted by Gasteiger charge is -2.45. The first-order chi connectivity index (χ1) is 14.2. The number of aliphatic hydroxyl groups is 1. The number of carbonyl (C=O) groups excluding carboxylic acids is 1. The molecule has 0 saturated carbocycles. The topological polar surface area (TPSA) is 57.5 Å². The van der Waals surface area contributed by atoms with E-state index in [1.54, 1.807) is 6.07 Å². The summed E-state index contributed by atoms with van der Waals surface area (Å²) in [6.07, 6.45) is -2.85. The molecule has 164 valence electrons. The number of aromatic nitrogens is 1. The molecule has 1 aliphatic heterocycles. The fraction of sp³-hybridized carbons (Fsp3) is 0.591. The number of amides is 1. The second kappa shape index (κ2) is 7.57. The Morgan fingerprint density at radius 2 is 2.07 bits per heavy atom. The second-order valence-electron chi connectivity index (χ2n) is 8.67. The average molecular weight is 423 g/mol. The van der Waals surface area contributed by atoms with Gasteiger partial charge in [0.05, 0.1) is 18.6 Å². The van der Waals surface area contributed by atoms with Crippen LogP contribution in [0.2, 0.25) is 0 Å². The molecule has 1 saturated heterocycles. The van der Waals surface area contributed by atoms with Crippen LogP contribution >= 0.6 is 0 Å². The van der Waals surface area contributed by atoms with E-state index in [0.717, 1.165) is 5.56 Å². The van der Waals surface area contributed by atoms with Crippen LogP contribution in [0.3, 0.4) is 0 Å². The van der Waals surface area contributed by atoms with Crippen molar-refractivity contribution in [1.82, 2.24) is 14.8 Å². The Morgan fingerprint density at radius 3 is 2.70 bits per heavy atom. The zero-order valence-electron chi connectivity index (χ0n) is 17.5. The molecular weight excluding hydrogens is 395 g/mol. The van der Waals surface area contributed by atoms with Gasteiger partial charge in [-0.15, -0.1) is 0 Å². The SMILES string of the molecule is CCC(CO)NC(=O)C1CC2c3cccc4c3c(c(C(F)(F)F)n4C)C[C@H]2N(C)C1. The summed E-state index contributed by atoms with van der Waals surface area (Å²) in [6, 6.07) is 5.12. The molecule has 1 aliphatic carbocycles. The van der Waals surface area contributed by atoms with E-state index in [1.807, 2.05) is 31.0 Å². The number of nitrogens with one attached hydrogen (secondary N) is 1. The number of piperidine rings is 1. The normalized spacial score (nSPS) is 25.2. The van der Waals surface area contributed by atoms with Crippen LogP contribution in [0.1, 0.15) is 42.5 Å². The summed E-state index contributed by atoms with van der Waals surface area (Å²) in [5.41, 5.74) is 1.31. The Hall–Kier alpha value is -2.06. The third kappa shape index (κ3) is 3.30. The average Bonchev–Trinajstić information content (AvgIpc) is 2.99. The van der Waals surface area contributed by atoms with Gasteiger partial charge >= 0.3 is 6.18 Å². The number of alkyl halides is 3. The van der Waals surface area contributed by atoms with Gasteiger partial charge in [-0.05, 0) is 43.5 Å². The Labute approximate surface area is 173 Å². The minimum atomic E-state index is -4.41. The molecule has 0 spiro atoms. The number of fused-ring (bicyclic) bond motifs is 2. The van der Waals surface area contributed by atoms with Gasteiger partial charge in [0.2, 0.25) is 5.91 Å². The molecule has 1 amide bonds. The summed E-state index contributed by atoms with van der Waals surface area (Å²) in [4.78, 5) is 14.9. The van der Waals surface area contributed by atoms with Crippen molar-refractivity contribution in [2.75, 3.05) is 20.2 Å². The monoisotopic (exact) mass is 423 g/mol. The highest BCUT2D eigenvalue weighted by atomic mass is 19.4. The molecule has 4 atom stereocenters. The van der Waals surface area contributed by atoms with Gasteiger partial charge in [-0.2, -0.15) is 13.2 Å². The van der Waals surface area contributed by atoms with Crippen LogP contribution in [0.5, 0.6) is 0 Å². The lowest BCUT2D eigenvalue weighted by atomic mass is 9.72. The minimum absolute atomic E-state index is 0.00612. The number of carbonyl (C=O) groups is 1. The van der Waals surface area contributed by atoms with Gasteiger partial charge in [0, 0.05) is 36.5 Å². The minimum Gasteiger partial charge on any atom is -0.394 e. The van der Waals surface area contributed by atoms with Gasteiger partial charge in [-0.1, -0.05) is 19.1 Å². The highest BCUT2D eigenvalue weighted by Crippen LogP contribution is 2.48. The first kappa shape index (κ1) is 21.2. The van der Waals surface area contributed by atoms with Crippen molar-refractivity contribution in [1.29, 1.82) is 0 Å². The number of rotatable bonds is 4. The summed E-state index contributed by atoms with van der Waals surface area (Å²) in [5, 5.41) is 13.0. The van der Waals surface area contributed by atoms with Gasteiger partial charge in [0.25, 0.3) is 0 Å². The molecule has 4 rings (SSSR count). The molecule has 3 unspecified atom stereocenters. The van der Waals surface area contributed by atoms with Crippen molar-refractivity contribution in [2.45, 2.75) is 50.4 Å². The highest BCUT2D eigenvalue weighted by Gasteiger charge is 2.46. The maximum Gasteiger partial charge on any atom is 0.431 e. The molecule has 30 heavy (non-hydrogen) atoms. The van der Waals surface area contributed by atoms with Gasteiger partial charge in [-0.3, -0.25) is 4.79 Å². The molecule has 5 nitrogen and oxygen atoms in total. The number of nitrogens with zero attached hydrogens (tertiary/aromatic N) is 2. The van der Waals surface area contributed by atoms with Crippen molar-refractivity contribution in [2.24, 2.45) is 13.0 Å². The third-order valence-electron chi connectivity index (χ3n) is 6.95. The van der Waals surface area contributed by atoms with E-state index < -0.39 is 11.9 Å². The lowest BCUT2D eigenvalue weighted by Crippen LogP contribution is -2.52. The van der Waals surface area contributed by atoms with Crippen LogP contribution in [0.4, 0.5) is 13.2 Å². The number of likely N-dealkylation sites (tertiary alicyclic amines) is 1. The number of aliphatic hydroxyl groups excluding tert-OH is 1. The van der Waals surface area contributed by atoms with Crippen LogP contribution in [0, 0.1) is 5.92 Å². The third-order valence-corrected chi connectivity index (χ3v) is 6.95. The second-order valence-corrected chi connectivity index (χ2v) is 8.67. The Morgan fingerprint density at radius 1 is 1.33 bits per heavy atom. The summed E-state index contributed by atoms with van der Waals surface area (Å²) >= 11 is 0. The quantitative estimate of drug-likeness (QED) is 0.795. The number of hydrogen-bond donors (Lipinski definition) is 2. The van der Waals surface area contributed by atoms with Gasteiger partial charge in [-0.25, -0.2) is 0 Å². The molecule has 0 bridgehead atoms. The first-order valence-electron chi connectivity index (χ1n) is 10.5. The number of halogens is 3. The molecule has 1 aromatic carbocycles. The van der Waals surface area contributed by atoms with E-state index in [-0.39, 0.29) is 36.4 Å². The van der Waals surface area contributed by atoms with Crippen molar-refractivity contribution in [3.63, 3.8) is 0 Å². The Bertz CT molecular complexity index is 965. The summed E-state index contributed by atoms with van der Waals surface area (Å²) in [6.45, 7) is 2.29. The summed E-state index contributed by atoms with van der Waals surface area (Å²) in [7, 11) is 3.37. The maximum atomic E-state index is 13.9. The largest absolute Gasteiger partial charge is 0.431 e. The predicted octanol–water partition coefficient (Wildman–Crippen LogP) is 3.04. The molecule has 1 fully saturated rings. The van der Waals surface area contributed by atoms with Crippen molar-refractivity contribution in [3.8, 4) is 0 Å². The molecular formula is C22H28F3N3O2. The zero-order valence-corrected chi connectivity index (χ0v) is 17.5. The van der Waals surface area contributed by atoms with Crippen LogP contribution in [-0.2, 0) is 24.4 Å². The van der Waals surface area contributed by atoms with Crippen LogP contribution in [-0.4, -0.2) is 52.8 Å². The zero-order chi connectivity index (χ0) is 21.8. The number of benzene rings is 1. The Kier molecular flexibility index (Phi) is 5.34. The van der Waals surface area contributed by atoms with Gasteiger partial charge in [0.15, 0.2) is 0 Å². The van der Waals surface area contributed by atoms with Crippen molar-refractivity contribution in [3.05, 3.63) is 35.0 Å². The smallest absolute Gasteiger partial charge is 0.394 e. The molecule has 2 aliphatic rings. The standard InChI is InChI=1S/C22H28F3N3O2/c1-4-13(11-29)26-21(30)12-8-15-14-6-5-7-17-19(14)16(9-18(15)27(2)10-12)20(28(17)3)22(23,24)25/h5-7,12-13,15,18,29H,4,8-11H2,1-3H3,(H,26,30)/t12?,13?,15?,18-/m1/s1. The number of aryl methyl sites for hydroxylation is 1. The molecule has 8 heteroatoms. The van der Waals surface area contributed by atoms with Crippen LogP contribution < -0.4 is 5.32 Å². The van der Waals surface area contributed by atoms with Gasteiger partial charge < -0.3 is 19.9 Å². The molecule has 1 aromatic heterocycles. The lowest BCUT2D eigenvalue weighted by molar-refractivity contribution is -0.143. The van der Waals surface area contributed by atoms with E-state index in [9.17, 15) is 23.1 Å².